The number of aryl methyl sites for hydroxylation is 2. The molecule has 0 spiro atoms. The number of hydrogen-bond acceptors (Lipinski definition) is 7. The number of amides is 1. The number of hydrogen-bond donors (Lipinski definition) is 1. The molecule has 106 valence electrons. The van der Waals surface area contributed by atoms with E-state index in [1.165, 1.54) is 11.3 Å². The van der Waals surface area contributed by atoms with Gasteiger partial charge < -0.3 is 9.26 Å². The van der Waals surface area contributed by atoms with Crippen LogP contribution in [0.4, 0.5) is 5.13 Å². The van der Waals surface area contributed by atoms with Gasteiger partial charge in [0.1, 0.15) is 22.4 Å². The first-order valence-electron chi connectivity index (χ1n) is 6.34. The second-order valence-corrected chi connectivity index (χ2v) is 5.61. The zero-order chi connectivity index (χ0) is 14.1. The first kappa shape index (κ1) is 13.2. The monoisotopic (exact) mass is 294 g/mol. The number of anilines is 1. The van der Waals surface area contributed by atoms with Crippen molar-refractivity contribution >= 4 is 22.4 Å². The quantitative estimate of drug-likeness (QED) is 0.933. The maximum Gasteiger partial charge on any atom is 0.263 e. The fourth-order valence-electron chi connectivity index (χ4n) is 2.15. The minimum atomic E-state index is -0.281. The van der Waals surface area contributed by atoms with E-state index in [-0.39, 0.29) is 12.0 Å². The predicted molar refractivity (Wildman–Crippen MR) is 71.8 cm³/mol. The molecule has 3 rings (SSSR count). The van der Waals surface area contributed by atoms with Crippen LogP contribution < -0.4 is 5.32 Å². The molecule has 0 bridgehead atoms. The number of aromatic nitrogens is 3. The molecule has 2 aromatic rings. The highest BCUT2D eigenvalue weighted by atomic mass is 32.1. The normalized spacial score (nSPS) is 18.4. The van der Waals surface area contributed by atoms with Crippen LogP contribution in [0.1, 0.15) is 45.8 Å². The van der Waals surface area contributed by atoms with Gasteiger partial charge in [0.05, 0.1) is 5.69 Å². The molecule has 7 nitrogen and oxygen atoms in total. The molecule has 8 heteroatoms. The Balaban J connectivity index is 1.73. The number of carbonyl (C=O) groups excluding carboxylic acids is 1. The molecule has 0 saturated carbocycles. The fraction of sp³-hybridized carbons (Fsp3) is 0.500. The lowest BCUT2D eigenvalue weighted by atomic mass is 10.2. The minimum absolute atomic E-state index is 0.0113. The average molecular weight is 294 g/mol. The third-order valence-corrected chi connectivity index (χ3v) is 4.06. The SMILES string of the molecule is Cc1noc(C)c1C(=O)Nc1nnc([C@@H]2CCCO2)s1. The molecule has 0 radical (unpaired) electrons. The van der Waals surface area contributed by atoms with Crippen molar-refractivity contribution in [2.45, 2.75) is 32.8 Å². The first-order valence-corrected chi connectivity index (χ1v) is 7.16. The van der Waals surface area contributed by atoms with Crippen LogP contribution in [0, 0.1) is 13.8 Å². The molecule has 3 heterocycles. The van der Waals surface area contributed by atoms with E-state index in [4.69, 9.17) is 9.26 Å². The molecular weight excluding hydrogens is 280 g/mol. The summed E-state index contributed by atoms with van der Waals surface area (Å²) in [5, 5.41) is 15.8. The topological polar surface area (TPSA) is 90.1 Å². The van der Waals surface area contributed by atoms with E-state index in [0.29, 0.717) is 22.1 Å². The van der Waals surface area contributed by atoms with E-state index in [9.17, 15) is 4.79 Å². The van der Waals surface area contributed by atoms with Crippen LogP contribution in [0.25, 0.3) is 0 Å². The lowest BCUT2D eigenvalue weighted by Gasteiger charge is -2.02. The van der Waals surface area contributed by atoms with Crippen molar-refractivity contribution in [1.29, 1.82) is 0 Å². The standard InChI is InChI=1S/C12H14N4O3S/c1-6-9(7(2)19-16-6)10(17)13-12-15-14-11(20-12)8-4-3-5-18-8/h8H,3-5H2,1-2H3,(H,13,15,17)/t8-/m0/s1. The Morgan fingerprint density at radius 1 is 1.40 bits per heavy atom. The summed E-state index contributed by atoms with van der Waals surface area (Å²) in [7, 11) is 0. The Bertz CT molecular complexity index is 611. The highest BCUT2D eigenvalue weighted by Crippen LogP contribution is 2.32. The van der Waals surface area contributed by atoms with Gasteiger partial charge >= 0.3 is 0 Å². The van der Waals surface area contributed by atoms with E-state index >= 15 is 0 Å². The lowest BCUT2D eigenvalue weighted by Crippen LogP contribution is -2.13. The van der Waals surface area contributed by atoms with Gasteiger partial charge in [-0.3, -0.25) is 10.1 Å². The summed E-state index contributed by atoms with van der Waals surface area (Å²) in [6.45, 7) is 4.18. The fourth-order valence-corrected chi connectivity index (χ4v) is 2.98. The van der Waals surface area contributed by atoms with E-state index in [1.807, 2.05) is 0 Å². The summed E-state index contributed by atoms with van der Waals surface area (Å²) < 4.78 is 10.5. The van der Waals surface area contributed by atoms with Crippen LogP contribution in [-0.2, 0) is 4.74 Å². The van der Waals surface area contributed by atoms with Crippen LogP contribution in [0.2, 0.25) is 0 Å². The van der Waals surface area contributed by atoms with Crippen molar-refractivity contribution < 1.29 is 14.1 Å². The second kappa shape index (κ2) is 5.29. The molecule has 1 fully saturated rings. The molecule has 1 N–H and O–H groups in total. The van der Waals surface area contributed by atoms with Crippen LogP contribution in [0.3, 0.4) is 0 Å². The zero-order valence-corrected chi connectivity index (χ0v) is 12.0. The molecule has 1 aliphatic heterocycles. The van der Waals surface area contributed by atoms with Gasteiger partial charge in [0.2, 0.25) is 5.13 Å². The van der Waals surface area contributed by atoms with Gasteiger partial charge in [0, 0.05) is 6.61 Å². The van der Waals surface area contributed by atoms with Gasteiger partial charge in [-0.25, -0.2) is 0 Å². The van der Waals surface area contributed by atoms with Crippen molar-refractivity contribution in [2.75, 3.05) is 11.9 Å². The van der Waals surface area contributed by atoms with E-state index in [0.717, 1.165) is 24.5 Å². The van der Waals surface area contributed by atoms with Crippen molar-refractivity contribution in [3.63, 3.8) is 0 Å². The van der Waals surface area contributed by atoms with E-state index in [1.54, 1.807) is 13.8 Å². The molecule has 0 aliphatic carbocycles. The average Bonchev–Trinajstić information content (AvgIpc) is 3.10. The smallest absolute Gasteiger partial charge is 0.263 e. The van der Waals surface area contributed by atoms with Gasteiger partial charge in [-0.15, -0.1) is 10.2 Å². The predicted octanol–water partition coefficient (Wildman–Crippen LogP) is 2.25. The van der Waals surface area contributed by atoms with Crippen molar-refractivity contribution in [3.05, 3.63) is 22.0 Å². The second-order valence-electron chi connectivity index (χ2n) is 4.60. The van der Waals surface area contributed by atoms with Gasteiger partial charge in [0.25, 0.3) is 5.91 Å². The van der Waals surface area contributed by atoms with Crippen molar-refractivity contribution in [2.24, 2.45) is 0 Å². The first-order chi connectivity index (χ1) is 9.65. The molecule has 20 heavy (non-hydrogen) atoms. The molecular formula is C12H14N4O3S. The van der Waals surface area contributed by atoms with Crippen LogP contribution >= 0.6 is 11.3 Å². The van der Waals surface area contributed by atoms with E-state index < -0.39 is 0 Å². The number of rotatable bonds is 3. The van der Waals surface area contributed by atoms with Crippen LogP contribution in [-0.4, -0.2) is 27.9 Å². The van der Waals surface area contributed by atoms with Gasteiger partial charge in [-0.2, -0.15) is 0 Å². The summed E-state index contributed by atoms with van der Waals surface area (Å²) in [4.78, 5) is 12.1. The third-order valence-electron chi connectivity index (χ3n) is 3.13. The van der Waals surface area contributed by atoms with Gasteiger partial charge in [0.15, 0.2) is 0 Å². The van der Waals surface area contributed by atoms with Gasteiger partial charge in [-0.1, -0.05) is 16.5 Å². The van der Waals surface area contributed by atoms with Crippen LogP contribution in [0.15, 0.2) is 4.52 Å². The summed E-state index contributed by atoms with van der Waals surface area (Å²) in [5.74, 6) is 0.208. The Labute approximate surface area is 119 Å². The molecule has 1 saturated heterocycles. The molecule has 0 aromatic carbocycles. The Hall–Kier alpha value is -1.80. The van der Waals surface area contributed by atoms with Crippen molar-refractivity contribution in [3.8, 4) is 0 Å². The Kier molecular flexibility index (Phi) is 3.49. The third kappa shape index (κ3) is 2.44. The maximum absolute atomic E-state index is 12.1. The summed E-state index contributed by atoms with van der Waals surface area (Å²) in [6, 6.07) is 0. The molecule has 0 unspecified atom stereocenters. The van der Waals surface area contributed by atoms with Crippen LogP contribution in [0.5, 0.6) is 0 Å². The van der Waals surface area contributed by atoms with E-state index in [2.05, 4.69) is 20.7 Å². The molecule has 1 aliphatic rings. The summed E-state index contributed by atoms with van der Waals surface area (Å²) >= 11 is 1.34. The highest BCUT2D eigenvalue weighted by Gasteiger charge is 2.23. The van der Waals surface area contributed by atoms with Crippen molar-refractivity contribution in [1.82, 2.24) is 15.4 Å². The molecule has 1 atom stereocenters. The number of carbonyl (C=O) groups is 1. The summed E-state index contributed by atoms with van der Waals surface area (Å²) in [5.41, 5.74) is 1.00. The maximum atomic E-state index is 12.1. The Morgan fingerprint density at radius 2 is 2.25 bits per heavy atom. The summed E-state index contributed by atoms with van der Waals surface area (Å²) in [6.07, 6.45) is 1.99. The zero-order valence-electron chi connectivity index (χ0n) is 11.2. The minimum Gasteiger partial charge on any atom is -0.371 e. The van der Waals surface area contributed by atoms with Gasteiger partial charge in [-0.05, 0) is 26.7 Å². The number of nitrogens with zero attached hydrogens (tertiary/aromatic N) is 3. The highest BCUT2D eigenvalue weighted by molar-refractivity contribution is 7.15. The molecule has 1 amide bonds. The largest absolute Gasteiger partial charge is 0.371 e. The Morgan fingerprint density at radius 3 is 2.90 bits per heavy atom. The number of ether oxygens (including phenoxy) is 1. The lowest BCUT2D eigenvalue weighted by molar-refractivity contribution is 0.102. The molecule has 2 aromatic heterocycles. The number of nitrogens with one attached hydrogen (secondary N) is 1.